The molecule has 0 aromatic heterocycles. The topological polar surface area (TPSA) is 50.4 Å². The molecular weight excluding hydrogens is 405 g/mol. The van der Waals surface area contributed by atoms with Crippen molar-refractivity contribution in [3.05, 3.63) is 58.6 Å². The first-order chi connectivity index (χ1) is 13.7. The summed E-state index contributed by atoms with van der Waals surface area (Å²) in [5.41, 5.74) is -0.275. The number of anilines is 1. The maximum atomic E-state index is 13.3. The van der Waals surface area contributed by atoms with Gasteiger partial charge < -0.3 is 10.1 Å². The van der Waals surface area contributed by atoms with E-state index in [0.29, 0.717) is 5.92 Å². The van der Waals surface area contributed by atoms with Gasteiger partial charge in [0.25, 0.3) is 0 Å². The second kappa shape index (κ2) is 8.63. The molecule has 0 aliphatic heterocycles. The van der Waals surface area contributed by atoms with Crippen LogP contribution in [0.25, 0.3) is 0 Å². The predicted octanol–water partition coefficient (Wildman–Crippen LogP) is 5.44. The number of benzene rings is 2. The van der Waals surface area contributed by atoms with E-state index in [0.717, 1.165) is 36.3 Å². The Morgan fingerprint density at radius 3 is 2.38 bits per heavy atom. The van der Waals surface area contributed by atoms with Crippen LogP contribution >= 0.6 is 11.6 Å². The van der Waals surface area contributed by atoms with Gasteiger partial charge in [-0.25, -0.2) is 0 Å². The van der Waals surface area contributed by atoms with Crippen LogP contribution in [0.1, 0.15) is 36.9 Å². The predicted molar refractivity (Wildman–Crippen MR) is 106 cm³/mol. The maximum Gasteiger partial charge on any atom is 0.418 e. The average molecular weight is 427 g/mol. The van der Waals surface area contributed by atoms with E-state index in [1.807, 2.05) is 24.3 Å². The molecule has 2 atom stereocenters. The van der Waals surface area contributed by atoms with Crippen LogP contribution in [0.4, 0.5) is 18.9 Å². The summed E-state index contributed by atoms with van der Waals surface area (Å²) in [6, 6.07) is 10.1. The zero-order valence-corrected chi connectivity index (χ0v) is 16.8. The molecule has 0 saturated heterocycles. The summed E-state index contributed by atoms with van der Waals surface area (Å²) in [6.07, 6.45) is -2.55. The van der Waals surface area contributed by atoms with Crippen molar-refractivity contribution in [2.45, 2.75) is 38.0 Å². The van der Waals surface area contributed by atoms with Crippen LogP contribution in [-0.4, -0.2) is 19.1 Å². The van der Waals surface area contributed by atoms with Crippen molar-refractivity contribution in [2.24, 2.45) is 5.92 Å². The van der Waals surface area contributed by atoms with E-state index in [1.165, 1.54) is 6.07 Å². The van der Waals surface area contributed by atoms with E-state index in [9.17, 15) is 18.0 Å². The van der Waals surface area contributed by atoms with Gasteiger partial charge in [-0.1, -0.05) is 23.7 Å². The van der Waals surface area contributed by atoms with E-state index in [2.05, 4.69) is 10.6 Å². The Morgan fingerprint density at radius 2 is 1.83 bits per heavy atom. The summed E-state index contributed by atoms with van der Waals surface area (Å²) < 4.78 is 44.9. The minimum Gasteiger partial charge on any atom is -0.497 e. The molecule has 2 aromatic carbocycles. The second-order valence-electron chi connectivity index (χ2n) is 7.15. The van der Waals surface area contributed by atoms with E-state index in [1.54, 1.807) is 14.0 Å². The average Bonchev–Trinajstić information content (AvgIpc) is 3.51. The van der Waals surface area contributed by atoms with E-state index < -0.39 is 23.7 Å². The molecule has 1 amide bonds. The molecule has 3 rings (SSSR count). The van der Waals surface area contributed by atoms with Gasteiger partial charge in [-0.2, -0.15) is 13.2 Å². The lowest BCUT2D eigenvalue weighted by atomic mass is 10.0. The van der Waals surface area contributed by atoms with Crippen LogP contribution in [0.2, 0.25) is 5.02 Å². The Morgan fingerprint density at radius 1 is 1.17 bits per heavy atom. The highest BCUT2D eigenvalue weighted by Crippen LogP contribution is 2.42. The molecule has 1 fully saturated rings. The molecular formula is C21H22ClF3N2O2. The minimum absolute atomic E-state index is 0.0465. The van der Waals surface area contributed by atoms with E-state index in [-0.39, 0.29) is 16.8 Å². The Bertz CT molecular complexity index is 867. The number of rotatable bonds is 7. The van der Waals surface area contributed by atoms with Gasteiger partial charge >= 0.3 is 6.18 Å². The molecule has 1 aliphatic carbocycles. The summed E-state index contributed by atoms with van der Waals surface area (Å²) in [4.78, 5) is 12.6. The quantitative estimate of drug-likeness (QED) is 0.620. The van der Waals surface area contributed by atoms with Crippen molar-refractivity contribution in [1.82, 2.24) is 5.32 Å². The van der Waals surface area contributed by atoms with E-state index >= 15 is 0 Å². The first kappa shape index (κ1) is 21.5. The largest absolute Gasteiger partial charge is 0.497 e. The molecule has 1 aliphatic rings. The van der Waals surface area contributed by atoms with Crippen molar-refractivity contribution >= 4 is 23.2 Å². The molecule has 156 valence electrons. The number of carbonyl (C=O) groups is 1. The van der Waals surface area contributed by atoms with Crippen molar-refractivity contribution in [3.8, 4) is 5.75 Å². The molecule has 0 radical (unpaired) electrons. The highest BCUT2D eigenvalue weighted by atomic mass is 35.5. The normalized spacial score (nSPS) is 16.2. The highest BCUT2D eigenvalue weighted by Gasteiger charge is 2.36. The molecule has 2 aromatic rings. The summed E-state index contributed by atoms with van der Waals surface area (Å²) >= 11 is 5.69. The standard InChI is InChI=1S/C21H22ClF3N2O2/c1-12(20(28)27-18-10-7-15(22)11-17(18)21(23,24)25)26-19(13-3-4-13)14-5-8-16(29-2)9-6-14/h5-13,19,26H,3-4H2,1-2H3,(H,27,28). The van der Waals surface area contributed by atoms with Gasteiger partial charge in [-0.3, -0.25) is 10.1 Å². The molecule has 0 bridgehead atoms. The molecule has 0 spiro atoms. The summed E-state index contributed by atoms with van der Waals surface area (Å²) in [5.74, 6) is 0.577. The number of hydrogen-bond acceptors (Lipinski definition) is 3. The molecule has 2 N–H and O–H groups in total. The monoisotopic (exact) mass is 426 g/mol. The van der Waals surface area contributed by atoms with Crippen LogP contribution in [0.3, 0.4) is 0 Å². The molecule has 4 nitrogen and oxygen atoms in total. The fourth-order valence-corrected chi connectivity index (χ4v) is 3.36. The zero-order chi connectivity index (χ0) is 21.2. The summed E-state index contributed by atoms with van der Waals surface area (Å²) in [7, 11) is 1.59. The number of amides is 1. The molecule has 2 unspecified atom stereocenters. The fourth-order valence-electron chi connectivity index (χ4n) is 3.19. The lowest BCUT2D eigenvalue weighted by molar-refractivity contribution is -0.137. The number of carbonyl (C=O) groups excluding carboxylic acids is 1. The van der Waals surface area contributed by atoms with Gasteiger partial charge in [-0.05, 0) is 61.6 Å². The van der Waals surface area contributed by atoms with Crippen LogP contribution in [0.15, 0.2) is 42.5 Å². The number of hydrogen-bond donors (Lipinski definition) is 2. The van der Waals surface area contributed by atoms with E-state index in [4.69, 9.17) is 16.3 Å². The van der Waals surface area contributed by atoms with Gasteiger partial charge in [0.1, 0.15) is 5.75 Å². The van der Waals surface area contributed by atoms with Crippen molar-refractivity contribution < 1.29 is 22.7 Å². The smallest absolute Gasteiger partial charge is 0.418 e. The van der Waals surface area contributed by atoms with Crippen LogP contribution in [0, 0.1) is 5.92 Å². The number of alkyl halides is 3. The molecule has 1 saturated carbocycles. The Labute approximate surface area is 172 Å². The van der Waals surface area contributed by atoms with Gasteiger partial charge in [0.2, 0.25) is 5.91 Å². The summed E-state index contributed by atoms with van der Waals surface area (Å²) in [5, 5.41) is 5.59. The summed E-state index contributed by atoms with van der Waals surface area (Å²) in [6.45, 7) is 1.64. The third-order valence-corrected chi connectivity index (χ3v) is 5.17. The number of halogens is 4. The number of methoxy groups -OCH3 is 1. The van der Waals surface area contributed by atoms with Crippen molar-refractivity contribution in [1.29, 1.82) is 0 Å². The molecule has 29 heavy (non-hydrogen) atoms. The SMILES string of the molecule is COc1ccc(C(NC(C)C(=O)Nc2ccc(Cl)cc2C(F)(F)F)C2CC2)cc1. The first-order valence-corrected chi connectivity index (χ1v) is 9.64. The zero-order valence-electron chi connectivity index (χ0n) is 16.0. The number of nitrogens with one attached hydrogen (secondary N) is 2. The second-order valence-corrected chi connectivity index (χ2v) is 7.59. The Kier molecular flexibility index (Phi) is 6.39. The number of ether oxygens (including phenoxy) is 1. The van der Waals surface area contributed by atoms with Crippen LogP contribution in [-0.2, 0) is 11.0 Å². The molecule has 0 heterocycles. The first-order valence-electron chi connectivity index (χ1n) is 9.26. The lowest BCUT2D eigenvalue weighted by Gasteiger charge is -2.24. The van der Waals surface area contributed by atoms with Crippen LogP contribution < -0.4 is 15.4 Å². The maximum absolute atomic E-state index is 13.3. The Hall–Kier alpha value is -2.25. The van der Waals surface area contributed by atoms with Crippen LogP contribution in [0.5, 0.6) is 5.75 Å². The van der Waals surface area contributed by atoms with Gasteiger partial charge in [0.05, 0.1) is 24.4 Å². The van der Waals surface area contributed by atoms with Crippen molar-refractivity contribution in [3.63, 3.8) is 0 Å². The molecule has 8 heteroatoms. The van der Waals surface area contributed by atoms with Gasteiger partial charge in [-0.15, -0.1) is 0 Å². The Balaban J connectivity index is 1.72. The lowest BCUT2D eigenvalue weighted by Crippen LogP contribution is -2.41. The van der Waals surface area contributed by atoms with Gasteiger partial charge in [0, 0.05) is 11.1 Å². The highest BCUT2D eigenvalue weighted by molar-refractivity contribution is 6.30. The third kappa shape index (κ3) is 5.42. The third-order valence-electron chi connectivity index (χ3n) is 4.94. The van der Waals surface area contributed by atoms with Gasteiger partial charge in [0.15, 0.2) is 0 Å². The fraction of sp³-hybridized carbons (Fsp3) is 0.381. The minimum atomic E-state index is -4.62. The van der Waals surface area contributed by atoms with Crippen molar-refractivity contribution in [2.75, 3.05) is 12.4 Å².